The number of hydrogen-bond donors (Lipinski definition) is 1. The molecule has 2 N–H and O–H groups in total. The van der Waals surface area contributed by atoms with E-state index in [2.05, 4.69) is 45.1 Å². The molecule has 104 valence electrons. The first kappa shape index (κ1) is 14.2. The summed E-state index contributed by atoms with van der Waals surface area (Å²) in [4.78, 5) is 0. The summed E-state index contributed by atoms with van der Waals surface area (Å²) >= 11 is 0. The highest BCUT2D eigenvalue weighted by molar-refractivity contribution is 5.73. The molecule has 0 aromatic heterocycles. The van der Waals surface area contributed by atoms with Crippen molar-refractivity contribution >= 4 is 17.8 Å². The quantitative estimate of drug-likeness (QED) is 0.662. The number of rotatable bonds is 3. The van der Waals surface area contributed by atoms with E-state index in [1.54, 1.807) is 7.11 Å². The van der Waals surface area contributed by atoms with Crippen LogP contribution in [0.2, 0.25) is 0 Å². The lowest BCUT2D eigenvalue weighted by atomic mass is 10.00. The third kappa shape index (κ3) is 3.02. The van der Waals surface area contributed by atoms with Gasteiger partial charge in [-0.15, -0.1) is 0 Å². The molecule has 0 fully saturated rings. The van der Waals surface area contributed by atoms with E-state index in [1.165, 1.54) is 22.3 Å². The van der Waals surface area contributed by atoms with Gasteiger partial charge in [0.05, 0.1) is 12.8 Å². The van der Waals surface area contributed by atoms with E-state index in [-0.39, 0.29) is 0 Å². The van der Waals surface area contributed by atoms with Gasteiger partial charge < -0.3 is 10.5 Å². The first-order valence-electron chi connectivity index (χ1n) is 6.70. The lowest BCUT2D eigenvalue weighted by Crippen LogP contribution is -1.92. The summed E-state index contributed by atoms with van der Waals surface area (Å²) in [7, 11) is 1.62. The fourth-order valence-electron chi connectivity index (χ4n) is 2.21. The van der Waals surface area contributed by atoms with E-state index in [0.717, 1.165) is 5.56 Å². The van der Waals surface area contributed by atoms with Crippen molar-refractivity contribution in [1.29, 1.82) is 0 Å². The summed E-state index contributed by atoms with van der Waals surface area (Å²) in [6, 6.07) is 10.2. The van der Waals surface area contributed by atoms with E-state index in [4.69, 9.17) is 10.5 Å². The van der Waals surface area contributed by atoms with Gasteiger partial charge in [-0.05, 0) is 60.7 Å². The van der Waals surface area contributed by atoms with Gasteiger partial charge in [-0.2, -0.15) is 0 Å². The maximum absolute atomic E-state index is 5.91. The van der Waals surface area contributed by atoms with Crippen LogP contribution >= 0.6 is 0 Å². The Balaban J connectivity index is 2.27. The lowest BCUT2D eigenvalue weighted by Gasteiger charge is -2.07. The highest BCUT2D eigenvalue weighted by Crippen LogP contribution is 2.23. The third-order valence-electron chi connectivity index (χ3n) is 3.67. The SMILES string of the molecule is COc1ccc(/C=C/c2cc(C)c(C)c(C)c2)cc1N. The minimum Gasteiger partial charge on any atom is -0.495 e. The van der Waals surface area contributed by atoms with Crippen LogP contribution in [0.3, 0.4) is 0 Å². The molecule has 2 aromatic carbocycles. The van der Waals surface area contributed by atoms with Crippen molar-refractivity contribution in [2.24, 2.45) is 0 Å². The van der Waals surface area contributed by atoms with Crippen molar-refractivity contribution in [3.05, 3.63) is 58.1 Å². The zero-order valence-corrected chi connectivity index (χ0v) is 12.5. The normalized spacial score (nSPS) is 11.0. The van der Waals surface area contributed by atoms with Gasteiger partial charge in [0.15, 0.2) is 0 Å². The molecule has 0 spiro atoms. The molecule has 0 unspecified atom stereocenters. The molecule has 0 heterocycles. The number of anilines is 1. The monoisotopic (exact) mass is 267 g/mol. The maximum atomic E-state index is 5.91. The van der Waals surface area contributed by atoms with Crippen molar-refractivity contribution < 1.29 is 4.74 Å². The molecule has 0 aliphatic carbocycles. The first-order valence-corrected chi connectivity index (χ1v) is 6.70. The van der Waals surface area contributed by atoms with Gasteiger partial charge in [0.1, 0.15) is 5.75 Å². The van der Waals surface area contributed by atoms with Crippen LogP contribution in [-0.2, 0) is 0 Å². The zero-order valence-electron chi connectivity index (χ0n) is 12.5. The molecule has 2 aromatic rings. The second kappa shape index (κ2) is 5.83. The number of hydrogen-bond acceptors (Lipinski definition) is 2. The lowest BCUT2D eigenvalue weighted by molar-refractivity contribution is 0.417. The Morgan fingerprint density at radius 3 is 2.05 bits per heavy atom. The van der Waals surface area contributed by atoms with Gasteiger partial charge in [-0.1, -0.05) is 30.4 Å². The molecule has 2 rings (SSSR count). The molecule has 0 atom stereocenters. The third-order valence-corrected chi connectivity index (χ3v) is 3.67. The number of nitrogens with two attached hydrogens (primary N) is 1. The summed E-state index contributed by atoms with van der Waals surface area (Å²) in [6.07, 6.45) is 4.18. The fourth-order valence-corrected chi connectivity index (χ4v) is 2.21. The van der Waals surface area contributed by atoms with Crippen molar-refractivity contribution in [3.8, 4) is 5.75 Å². The number of nitrogen functional groups attached to an aromatic ring is 1. The van der Waals surface area contributed by atoms with Gasteiger partial charge in [0, 0.05) is 0 Å². The summed E-state index contributed by atoms with van der Waals surface area (Å²) in [6.45, 7) is 6.44. The molecule has 0 saturated heterocycles. The van der Waals surface area contributed by atoms with Crippen LogP contribution in [0.25, 0.3) is 12.2 Å². The summed E-state index contributed by atoms with van der Waals surface area (Å²) in [5.74, 6) is 0.712. The maximum Gasteiger partial charge on any atom is 0.141 e. The van der Waals surface area contributed by atoms with Crippen molar-refractivity contribution in [2.45, 2.75) is 20.8 Å². The molecule has 0 aliphatic heterocycles. The van der Waals surface area contributed by atoms with Gasteiger partial charge in [0.2, 0.25) is 0 Å². The van der Waals surface area contributed by atoms with Gasteiger partial charge in [-0.3, -0.25) is 0 Å². The molecule has 2 nitrogen and oxygen atoms in total. The summed E-state index contributed by atoms with van der Waals surface area (Å²) < 4.78 is 5.16. The van der Waals surface area contributed by atoms with Crippen LogP contribution in [0.1, 0.15) is 27.8 Å². The Morgan fingerprint density at radius 2 is 1.50 bits per heavy atom. The minimum atomic E-state index is 0.658. The zero-order chi connectivity index (χ0) is 14.7. The average molecular weight is 267 g/mol. The molecule has 20 heavy (non-hydrogen) atoms. The van der Waals surface area contributed by atoms with E-state index in [0.29, 0.717) is 11.4 Å². The average Bonchev–Trinajstić information content (AvgIpc) is 2.42. The molecular formula is C18H21NO. The molecule has 2 heteroatoms. The van der Waals surface area contributed by atoms with Crippen LogP contribution in [0, 0.1) is 20.8 Å². The van der Waals surface area contributed by atoms with Gasteiger partial charge >= 0.3 is 0 Å². The standard InChI is InChI=1S/C18H21NO/c1-12-9-16(10-13(2)14(12)3)6-5-15-7-8-18(20-4)17(19)11-15/h5-11H,19H2,1-4H3/b6-5+. The molecular weight excluding hydrogens is 246 g/mol. The second-order valence-corrected chi connectivity index (χ2v) is 5.11. The summed E-state index contributed by atoms with van der Waals surface area (Å²) in [5.41, 5.74) is 12.8. The molecule has 0 bridgehead atoms. The predicted octanol–water partition coefficient (Wildman–Crippen LogP) is 4.37. The number of methoxy groups -OCH3 is 1. The topological polar surface area (TPSA) is 35.2 Å². The Labute approximate surface area is 120 Å². The Morgan fingerprint density at radius 1 is 0.900 bits per heavy atom. The Bertz CT molecular complexity index is 633. The molecule has 0 radical (unpaired) electrons. The van der Waals surface area contributed by atoms with E-state index < -0.39 is 0 Å². The van der Waals surface area contributed by atoms with Gasteiger partial charge in [0.25, 0.3) is 0 Å². The van der Waals surface area contributed by atoms with Crippen LogP contribution in [0.4, 0.5) is 5.69 Å². The summed E-state index contributed by atoms with van der Waals surface area (Å²) in [5, 5.41) is 0. The smallest absolute Gasteiger partial charge is 0.141 e. The molecule has 0 amide bonds. The Kier molecular flexibility index (Phi) is 4.14. The van der Waals surface area contributed by atoms with Crippen LogP contribution in [0.15, 0.2) is 30.3 Å². The minimum absolute atomic E-state index is 0.658. The fraction of sp³-hybridized carbons (Fsp3) is 0.222. The largest absolute Gasteiger partial charge is 0.495 e. The predicted molar refractivity (Wildman–Crippen MR) is 87.0 cm³/mol. The highest BCUT2D eigenvalue weighted by Gasteiger charge is 2.00. The van der Waals surface area contributed by atoms with E-state index in [1.807, 2.05) is 18.2 Å². The van der Waals surface area contributed by atoms with Crippen LogP contribution in [0.5, 0.6) is 5.75 Å². The second-order valence-electron chi connectivity index (χ2n) is 5.11. The van der Waals surface area contributed by atoms with Crippen LogP contribution in [-0.4, -0.2) is 7.11 Å². The van der Waals surface area contributed by atoms with E-state index in [9.17, 15) is 0 Å². The Hall–Kier alpha value is -2.22. The van der Waals surface area contributed by atoms with E-state index >= 15 is 0 Å². The highest BCUT2D eigenvalue weighted by atomic mass is 16.5. The van der Waals surface area contributed by atoms with Crippen molar-refractivity contribution in [2.75, 3.05) is 12.8 Å². The van der Waals surface area contributed by atoms with Crippen molar-refractivity contribution in [1.82, 2.24) is 0 Å². The van der Waals surface area contributed by atoms with Crippen LogP contribution < -0.4 is 10.5 Å². The first-order chi connectivity index (χ1) is 9.51. The number of ether oxygens (including phenoxy) is 1. The number of aryl methyl sites for hydroxylation is 2. The van der Waals surface area contributed by atoms with Gasteiger partial charge in [-0.25, -0.2) is 0 Å². The molecule has 0 aliphatic rings. The molecule has 0 saturated carbocycles. The van der Waals surface area contributed by atoms with Crippen molar-refractivity contribution in [3.63, 3.8) is 0 Å². The number of benzene rings is 2.